The fraction of sp³-hybridized carbons (Fsp3) is 0.938. The van der Waals surface area contributed by atoms with Crippen molar-refractivity contribution in [3.05, 3.63) is 0 Å². The zero-order valence-corrected chi connectivity index (χ0v) is 11.9. The monoisotopic (exact) mass is 263 g/mol. The lowest BCUT2D eigenvalue weighted by molar-refractivity contribution is -0.162. The van der Waals surface area contributed by atoms with Crippen LogP contribution in [0.25, 0.3) is 0 Å². The largest absolute Gasteiger partial charge is 0.392 e. The van der Waals surface area contributed by atoms with E-state index in [1.54, 1.807) is 0 Å². The Kier molecular flexibility index (Phi) is 2.48. The molecule has 0 aromatic rings. The maximum absolute atomic E-state index is 12.9. The average molecular weight is 263 g/mol. The predicted molar refractivity (Wildman–Crippen MR) is 72.7 cm³/mol. The Bertz CT molecular complexity index is 423. The van der Waals surface area contributed by atoms with Gasteiger partial charge in [-0.15, -0.1) is 0 Å². The molecule has 0 aromatic carbocycles. The van der Waals surface area contributed by atoms with Gasteiger partial charge in [-0.3, -0.25) is 9.69 Å². The van der Waals surface area contributed by atoms with Crippen molar-refractivity contribution in [2.75, 3.05) is 13.1 Å². The molecule has 2 saturated heterocycles. The van der Waals surface area contributed by atoms with Crippen molar-refractivity contribution in [3.8, 4) is 0 Å². The van der Waals surface area contributed by atoms with Crippen LogP contribution in [0.15, 0.2) is 0 Å². The van der Waals surface area contributed by atoms with Gasteiger partial charge in [-0.2, -0.15) is 0 Å². The topological polar surface area (TPSA) is 40.5 Å². The van der Waals surface area contributed by atoms with E-state index in [2.05, 4.69) is 11.8 Å². The van der Waals surface area contributed by atoms with Crippen molar-refractivity contribution in [1.82, 2.24) is 4.90 Å². The zero-order chi connectivity index (χ0) is 13.3. The summed E-state index contributed by atoms with van der Waals surface area (Å²) in [5.41, 5.74) is -0.360. The van der Waals surface area contributed by atoms with Gasteiger partial charge in [-0.05, 0) is 63.5 Å². The van der Waals surface area contributed by atoms with Crippen LogP contribution < -0.4 is 0 Å². The highest BCUT2D eigenvalue weighted by atomic mass is 16.3. The Morgan fingerprint density at radius 1 is 1.21 bits per heavy atom. The highest BCUT2D eigenvalue weighted by molar-refractivity contribution is 5.93. The number of aliphatic hydroxyl groups excluding tert-OH is 1. The lowest BCUT2D eigenvalue weighted by Crippen LogP contribution is -2.67. The van der Waals surface area contributed by atoms with Crippen LogP contribution in [0.3, 0.4) is 0 Å². The van der Waals surface area contributed by atoms with Gasteiger partial charge in [0.05, 0.1) is 11.6 Å². The SMILES string of the molecule is C[C@@H]1C[C@H]2CC(=O)[C@]34CCCN3CCC[C@]24[C@@H](O)C1. The summed E-state index contributed by atoms with van der Waals surface area (Å²) >= 11 is 0. The number of nitrogens with zero attached hydrogens (tertiary/aromatic N) is 1. The normalized spacial score (nSPS) is 53.8. The highest BCUT2D eigenvalue weighted by Gasteiger charge is 2.72. The van der Waals surface area contributed by atoms with E-state index in [9.17, 15) is 9.90 Å². The first kappa shape index (κ1) is 12.3. The van der Waals surface area contributed by atoms with Crippen LogP contribution in [0.2, 0.25) is 0 Å². The Labute approximate surface area is 115 Å². The molecular weight excluding hydrogens is 238 g/mol. The number of carbonyl (C=O) groups is 1. The molecule has 5 atom stereocenters. The molecule has 0 unspecified atom stereocenters. The summed E-state index contributed by atoms with van der Waals surface area (Å²) in [7, 11) is 0. The Morgan fingerprint density at radius 3 is 2.74 bits per heavy atom. The standard InChI is InChI=1S/C16H25NO2/c1-11-8-12-10-14(19)16-5-3-7-17(16)6-2-4-15(12,16)13(18)9-11/h11-13,18H,2-10H2,1H3/t11-,12+,13+,15-,16+/m1/s1. The number of carbonyl (C=O) groups excluding carboxylic acids is 1. The number of Topliss-reactive ketones (excluding diaryl/α,β-unsaturated/α-hetero) is 1. The molecule has 0 bridgehead atoms. The van der Waals surface area contributed by atoms with Gasteiger partial charge in [0.1, 0.15) is 0 Å². The van der Waals surface area contributed by atoms with Crippen molar-refractivity contribution >= 4 is 5.78 Å². The molecule has 0 amide bonds. The van der Waals surface area contributed by atoms with E-state index >= 15 is 0 Å². The van der Waals surface area contributed by atoms with Crippen LogP contribution in [0.1, 0.15) is 51.9 Å². The molecule has 1 N–H and O–H groups in total. The number of piperidine rings is 1. The number of rotatable bonds is 0. The van der Waals surface area contributed by atoms with Gasteiger partial charge in [-0.25, -0.2) is 0 Å². The Balaban J connectivity index is 1.86. The van der Waals surface area contributed by atoms with E-state index in [0.29, 0.717) is 17.6 Å². The van der Waals surface area contributed by atoms with Crippen LogP contribution >= 0.6 is 0 Å². The lowest BCUT2D eigenvalue weighted by Gasteiger charge is -2.58. The first-order valence-electron chi connectivity index (χ1n) is 8.07. The molecule has 0 aromatic heterocycles. The molecule has 3 heteroatoms. The number of hydrogen-bond donors (Lipinski definition) is 1. The van der Waals surface area contributed by atoms with Crippen molar-refractivity contribution in [2.24, 2.45) is 17.3 Å². The molecule has 19 heavy (non-hydrogen) atoms. The van der Waals surface area contributed by atoms with Gasteiger partial charge in [0, 0.05) is 11.8 Å². The molecule has 2 heterocycles. The predicted octanol–water partition coefficient (Wildman–Crippen LogP) is 1.98. The molecule has 4 rings (SSSR count). The second-order valence-corrected chi connectivity index (χ2v) is 7.51. The van der Waals surface area contributed by atoms with Gasteiger partial charge < -0.3 is 5.11 Å². The van der Waals surface area contributed by atoms with Crippen LogP contribution in [0.5, 0.6) is 0 Å². The van der Waals surface area contributed by atoms with Gasteiger partial charge in [0.25, 0.3) is 0 Å². The van der Waals surface area contributed by atoms with Crippen LogP contribution in [0, 0.1) is 17.3 Å². The van der Waals surface area contributed by atoms with Crippen molar-refractivity contribution in [3.63, 3.8) is 0 Å². The third-order valence-corrected chi connectivity index (χ3v) is 6.82. The summed E-state index contributed by atoms with van der Waals surface area (Å²) in [6.07, 6.45) is 6.92. The molecule has 106 valence electrons. The molecule has 2 aliphatic heterocycles. The molecule has 2 spiro atoms. The van der Waals surface area contributed by atoms with Crippen molar-refractivity contribution in [2.45, 2.75) is 63.5 Å². The maximum atomic E-state index is 12.9. The van der Waals surface area contributed by atoms with E-state index in [0.717, 1.165) is 58.0 Å². The fourth-order valence-corrected chi connectivity index (χ4v) is 6.35. The maximum Gasteiger partial charge on any atom is 0.154 e. The van der Waals surface area contributed by atoms with Gasteiger partial charge in [-0.1, -0.05) is 6.92 Å². The van der Waals surface area contributed by atoms with Gasteiger partial charge >= 0.3 is 0 Å². The van der Waals surface area contributed by atoms with Gasteiger partial charge in [0.15, 0.2) is 5.78 Å². The van der Waals surface area contributed by atoms with Crippen molar-refractivity contribution < 1.29 is 9.90 Å². The minimum absolute atomic E-state index is 0.0919. The number of ketones is 1. The molecule has 0 radical (unpaired) electrons. The smallest absolute Gasteiger partial charge is 0.154 e. The fourth-order valence-electron chi connectivity index (χ4n) is 6.35. The summed E-state index contributed by atoms with van der Waals surface area (Å²) in [5.74, 6) is 1.48. The van der Waals surface area contributed by atoms with E-state index in [1.165, 1.54) is 0 Å². The van der Waals surface area contributed by atoms with E-state index < -0.39 is 0 Å². The Hall–Kier alpha value is -0.410. The molecule has 2 saturated carbocycles. The van der Waals surface area contributed by atoms with E-state index in [1.807, 2.05) is 0 Å². The van der Waals surface area contributed by atoms with Crippen LogP contribution in [-0.2, 0) is 4.79 Å². The Morgan fingerprint density at radius 2 is 1.95 bits per heavy atom. The lowest BCUT2D eigenvalue weighted by atomic mass is 9.53. The highest BCUT2D eigenvalue weighted by Crippen LogP contribution is 2.65. The number of aliphatic hydroxyl groups is 1. The summed E-state index contributed by atoms with van der Waals surface area (Å²) in [6.45, 7) is 4.38. The first-order chi connectivity index (χ1) is 9.11. The molecule has 4 fully saturated rings. The first-order valence-corrected chi connectivity index (χ1v) is 8.07. The average Bonchev–Trinajstić information content (AvgIpc) is 2.89. The number of hydrogen-bond acceptors (Lipinski definition) is 3. The summed E-state index contributed by atoms with van der Waals surface area (Å²) < 4.78 is 0. The second-order valence-electron chi connectivity index (χ2n) is 7.51. The van der Waals surface area contributed by atoms with Crippen molar-refractivity contribution in [1.29, 1.82) is 0 Å². The van der Waals surface area contributed by atoms with Crippen LogP contribution in [-0.4, -0.2) is 40.5 Å². The summed E-state index contributed by atoms with van der Waals surface area (Å²) in [5, 5.41) is 10.9. The van der Waals surface area contributed by atoms with Gasteiger partial charge in [0.2, 0.25) is 0 Å². The summed E-state index contributed by atoms with van der Waals surface area (Å²) in [6, 6.07) is 0. The molecule has 3 nitrogen and oxygen atoms in total. The minimum Gasteiger partial charge on any atom is -0.392 e. The van der Waals surface area contributed by atoms with Crippen LogP contribution in [0.4, 0.5) is 0 Å². The molecule has 2 aliphatic carbocycles. The second kappa shape index (κ2) is 3.82. The quantitative estimate of drug-likeness (QED) is 0.726. The van der Waals surface area contributed by atoms with E-state index in [-0.39, 0.29) is 17.1 Å². The summed E-state index contributed by atoms with van der Waals surface area (Å²) in [4.78, 5) is 15.3. The molecule has 4 aliphatic rings. The van der Waals surface area contributed by atoms with E-state index in [4.69, 9.17) is 0 Å². The third kappa shape index (κ3) is 1.25. The minimum atomic E-state index is -0.268. The zero-order valence-electron chi connectivity index (χ0n) is 11.9. The third-order valence-electron chi connectivity index (χ3n) is 6.82. The molecular formula is C16H25NO2.